The number of carbonyl (C=O) groups is 1. The van der Waals surface area contributed by atoms with Crippen LogP contribution in [0, 0.1) is 5.82 Å². The highest BCUT2D eigenvalue weighted by Crippen LogP contribution is 2.31. The summed E-state index contributed by atoms with van der Waals surface area (Å²) in [6.45, 7) is 0.201. The first-order valence-electron chi connectivity index (χ1n) is 7.58. The molecule has 0 radical (unpaired) electrons. The Labute approximate surface area is 127 Å². The van der Waals surface area contributed by atoms with Gasteiger partial charge >= 0.3 is 0 Å². The largest absolute Gasteiger partial charge is 0.345 e. The van der Waals surface area contributed by atoms with E-state index in [1.54, 1.807) is 0 Å². The van der Waals surface area contributed by atoms with Crippen LogP contribution >= 0.6 is 0 Å². The highest BCUT2D eigenvalue weighted by atomic mass is 19.1. The maximum atomic E-state index is 12.8. The van der Waals surface area contributed by atoms with Crippen LogP contribution in [-0.4, -0.2) is 16.0 Å². The second-order valence-electron chi connectivity index (χ2n) is 5.57. The van der Waals surface area contributed by atoms with Gasteiger partial charge in [0.2, 0.25) is 5.89 Å². The minimum Gasteiger partial charge on any atom is -0.345 e. The third-order valence-electron chi connectivity index (χ3n) is 3.95. The monoisotopic (exact) mass is 303 g/mol. The summed E-state index contributed by atoms with van der Waals surface area (Å²) in [7, 11) is 0. The number of nitrogens with one attached hydrogen (secondary N) is 1. The number of rotatable bonds is 4. The van der Waals surface area contributed by atoms with Gasteiger partial charge in [0.1, 0.15) is 5.82 Å². The van der Waals surface area contributed by atoms with E-state index in [9.17, 15) is 9.18 Å². The van der Waals surface area contributed by atoms with Crippen molar-refractivity contribution in [2.45, 2.75) is 44.6 Å². The third kappa shape index (κ3) is 3.50. The molecule has 2 aromatic rings. The SMILES string of the molecule is O=C(NCc1noc(C2CCCCC2)n1)c1ccc(F)cc1. The predicted molar refractivity (Wildman–Crippen MR) is 77.7 cm³/mol. The summed E-state index contributed by atoms with van der Waals surface area (Å²) < 4.78 is 18.1. The van der Waals surface area contributed by atoms with Gasteiger partial charge in [-0.05, 0) is 37.1 Å². The molecule has 1 fully saturated rings. The van der Waals surface area contributed by atoms with Crippen molar-refractivity contribution in [3.63, 3.8) is 0 Å². The molecular formula is C16H18FN3O2. The van der Waals surface area contributed by atoms with Crippen molar-refractivity contribution < 1.29 is 13.7 Å². The Morgan fingerprint density at radius 1 is 1.23 bits per heavy atom. The number of amides is 1. The van der Waals surface area contributed by atoms with Crippen molar-refractivity contribution in [1.29, 1.82) is 0 Å². The number of hydrogen-bond donors (Lipinski definition) is 1. The van der Waals surface area contributed by atoms with Gasteiger partial charge in [-0.25, -0.2) is 4.39 Å². The number of carbonyl (C=O) groups excluding carboxylic acids is 1. The van der Waals surface area contributed by atoms with Crippen molar-refractivity contribution in [2.75, 3.05) is 0 Å². The molecule has 0 spiro atoms. The summed E-state index contributed by atoms with van der Waals surface area (Å²) in [6, 6.07) is 5.39. The zero-order valence-electron chi connectivity index (χ0n) is 12.2. The van der Waals surface area contributed by atoms with Crippen molar-refractivity contribution in [1.82, 2.24) is 15.5 Å². The average Bonchev–Trinajstić information content (AvgIpc) is 3.03. The van der Waals surface area contributed by atoms with Gasteiger partial charge in [-0.2, -0.15) is 4.98 Å². The molecule has 1 aliphatic rings. The molecule has 0 atom stereocenters. The summed E-state index contributed by atoms with van der Waals surface area (Å²) >= 11 is 0. The van der Waals surface area contributed by atoms with Crippen LogP contribution in [0.2, 0.25) is 0 Å². The fourth-order valence-corrected chi connectivity index (χ4v) is 2.72. The maximum absolute atomic E-state index is 12.8. The van der Waals surface area contributed by atoms with Crippen LogP contribution in [0.3, 0.4) is 0 Å². The summed E-state index contributed by atoms with van der Waals surface area (Å²) in [5, 5.41) is 6.61. The maximum Gasteiger partial charge on any atom is 0.251 e. The lowest BCUT2D eigenvalue weighted by molar-refractivity contribution is 0.0949. The molecule has 1 heterocycles. The van der Waals surface area contributed by atoms with Gasteiger partial charge in [-0.15, -0.1) is 0 Å². The van der Waals surface area contributed by atoms with Crippen molar-refractivity contribution in [3.05, 3.63) is 47.4 Å². The Morgan fingerprint density at radius 3 is 2.68 bits per heavy atom. The molecule has 22 heavy (non-hydrogen) atoms. The molecule has 1 saturated carbocycles. The zero-order valence-corrected chi connectivity index (χ0v) is 12.2. The molecule has 0 bridgehead atoms. The minimum absolute atomic E-state index is 0.201. The number of nitrogens with zero attached hydrogens (tertiary/aromatic N) is 2. The average molecular weight is 303 g/mol. The van der Waals surface area contributed by atoms with E-state index >= 15 is 0 Å². The summed E-state index contributed by atoms with van der Waals surface area (Å²) in [6.07, 6.45) is 5.84. The molecule has 1 N–H and O–H groups in total. The quantitative estimate of drug-likeness (QED) is 0.942. The normalized spacial score (nSPS) is 15.7. The highest BCUT2D eigenvalue weighted by molar-refractivity contribution is 5.94. The third-order valence-corrected chi connectivity index (χ3v) is 3.95. The lowest BCUT2D eigenvalue weighted by Crippen LogP contribution is -2.23. The lowest BCUT2D eigenvalue weighted by Gasteiger charge is -2.17. The fraction of sp³-hybridized carbons (Fsp3) is 0.438. The molecule has 1 amide bonds. The van der Waals surface area contributed by atoms with Gasteiger partial charge in [0.15, 0.2) is 5.82 Å². The summed E-state index contributed by atoms with van der Waals surface area (Å²) in [5.41, 5.74) is 0.400. The van der Waals surface area contributed by atoms with E-state index in [1.807, 2.05) is 0 Å². The van der Waals surface area contributed by atoms with Crippen LogP contribution < -0.4 is 5.32 Å². The first-order valence-corrected chi connectivity index (χ1v) is 7.58. The molecule has 1 aromatic carbocycles. The van der Waals surface area contributed by atoms with Crippen LogP contribution in [0.25, 0.3) is 0 Å². The van der Waals surface area contributed by atoms with Crippen molar-refractivity contribution in [2.24, 2.45) is 0 Å². The Kier molecular flexibility index (Phi) is 4.46. The molecule has 0 aliphatic heterocycles. The van der Waals surface area contributed by atoms with Crippen LogP contribution in [0.4, 0.5) is 4.39 Å². The number of halogens is 1. The van der Waals surface area contributed by atoms with Crippen LogP contribution in [0.5, 0.6) is 0 Å². The van der Waals surface area contributed by atoms with Crippen LogP contribution in [-0.2, 0) is 6.54 Å². The number of benzene rings is 1. The molecule has 6 heteroatoms. The van der Waals surface area contributed by atoms with E-state index in [-0.39, 0.29) is 18.3 Å². The van der Waals surface area contributed by atoms with E-state index in [0.717, 1.165) is 12.8 Å². The second-order valence-corrected chi connectivity index (χ2v) is 5.57. The number of hydrogen-bond acceptors (Lipinski definition) is 4. The Balaban J connectivity index is 1.56. The molecule has 1 aromatic heterocycles. The van der Waals surface area contributed by atoms with Crippen molar-refractivity contribution in [3.8, 4) is 0 Å². The molecule has 0 unspecified atom stereocenters. The molecule has 5 nitrogen and oxygen atoms in total. The van der Waals surface area contributed by atoms with Gasteiger partial charge in [0.05, 0.1) is 6.54 Å². The van der Waals surface area contributed by atoms with Gasteiger partial charge < -0.3 is 9.84 Å². The van der Waals surface area contributed by atoms with E-state index in [1.165, 1.54) is 43.5 Å². The lowest BCUT2D eigenvalue weighted by atomic mass is 9.89. The van der Waals surface area contributed by atoms with Gasteiger partial charge in [-0.3, -0.25) is 4.79 Å². The van der Waals surface area contributed by atoms with E-state index < -0.39 is 0 Å². The Hall–Kier alpha value is -2.24. The Bertz CT molecular complexity index is 633. The topological polar surface area (TPSA) is 68.0 Å². The predicted octanol–water partition coefficient (Wildman–Crippen LogP) is 3.19. The van der Waals surface area contributed by atoms with Gasteiger partial charge in [-0.1, -0.05) is 24.4 Å². The molecule has 3 rings (SSSR count). The van der Waals surface area contributed by atoms with E-state index in [2.05, 4.69) is 15.5 Å². The minimum atomic E-state index is -0.369. The summed E-state index contributed by atoms with van der Waals surface area (Å²) in [5.74, 6) is 0.834. The van der Waals surface area contributed by atoms with Gasteiger partial charge in [0, 0.05) is 11.5 Å². The van der Waals surface area contributed by atoms with E-state index in [0.29, 0.717) is 23.2 Å². The molecular weight excluding hydrogens is 285 g/mol. The number of aromatic nitrogens is 2. The van der Waals surface area contributed by atoms with E-state index in [4.69, 9.17) is 4.52 Å². The smallest absolute Gasteiger partial charge is 0.251 e. The summed E-state index contributed by atoms with van der Waals surface area (Å²) in [4.78, 5) is 16.3. The molecule has 1 aliphatic carbocycles. The second kappa shape index (κ2) is 6.68. The standard InChI is InChI=1S/C16H18FN3O2/c17-13-8-6-11(7-9-13)15(21)18-10-14-19-16(22-20-14)12-4-2-1-3-5-12/h6-9,12H,1-5,10H2,(H,18,21). The zero-order chi connectivity index (χ0) is 15.4. The Morgan fingerprint density at radius 2 is 1.95 bits per heavy atom. The van der Waals surface area contributed by atoms with Gasteiger partial charge in [0.25, 0.3) is 5.91 Å². The highest BCUT2D eigenvalue weighted by Gasteiger charge is 2.21. The molecule has 0 saturated heterocycles. The van der Waals surface area contributed by atoms with Crippen LogP contribution in [0.1, 0.15) is 60.1 Å². The molecule has 116 valence electrons. The van der Waals surface area contributed by atoms with Crippen molar-refractivity contribution >= 4 is 5.91 Å². The fourth-order valence-electron chi connectivity index (χ4n) is 2.72. The first-order chi connectivity index (χ1) is 10.7. The van der Waals surface area contributed by atoms with Crippen LogP contribution in [0.15, 0.2) is 28.8 Å². The first kappa shape index (κ1) is 14.7.